The van der Waals surface area contributed by atoms with E-state index in [0.717, 1.165) is 19.6 Å². The molecule has 0 unspecified atom stereocenters. The first-order chi connectivity index (χ1) is 14.3. The summed E-state index contributed by atoms with van der Waals surface area (Å²) in [5, 5.41) is 0.548. The minimum absolute atomic E-state index is 0. The van der Waals surface area contributed by atoms with Crippen molar-refractivity contribution >= 4 is 72.7 Å². The molecule has 162 valence electrons. The highest BCUT2D eigenvalue weighted by atomic mass is 79.9. The van der Waals surface area contributed by atoms with Crippen LogP contribution >= 0.6 is 39.7 Å². The molecular formula is C21H20BrClN4O3S. The van der Waals surface area contributed by atoms with Crippen molar-refractivity contribution < 1.29 is 14.4 Å². The third-order valence-corrected chi connectivity index (χ3v) is 6.35. The second-order valence-electron chi connectivity index (χ2n) is 7.20. The summed E-state index contributed by atoms with van der Waals surface area (Å²) in [6.07, 6.45) is 0. The van der Waals surface area contributed by atoms with Gasteiger partial charge in [-0.05, 0) is 44.4 Å². The Balaban J connectivity index is 0.00000272. The maximum absolute atomic E-state index is 13.2. The predicted molar refractivity (Wildman–Crippen MR) is 127 cm³/mol. The summed E-state index contributed by atoms with van der Waals surface area (Å²) in [6.45, 7) is 0.697. The molecule has 0 aliphatic carbocycles. The van der Waals surface area contributed by atoms with Crippen molar-refractivity contribution in [2.45, 2.75) is 0 Å². The number of nitrogens with zero attached hydrogens (tertiary/aromatic N) is 4. The average molecular weight is 524 g/mol. The topological polar surface area (TPSA) is 73.8 Å². The van der Waals surface area contributed by atoms with Gasteiger partial charge in [0.25, 0.3) is 11.8 Å². The lowest BCUT2D eigenvalue weighted by molar-refractivity contribution is -0.119. The molecule has 3 amide bonds. The number of aromatic nitrogens is 1. The number of imide groups is 1. The number of carbonyl (C=O) groups excluding carboxylic acids is 3. The number of hydrogen-bond acceptors (Lipinski definition) is 6. The van der Waals surface area contributed by atoms with Crippen LogP contribution in [0, 0.1) is 0 Å². The predicted octanol–water partition coefficient (Wildman–Crippen LogP) is 3.67. The standard InChI is InChI=1S/C21H19BrN4O3S.ClH/c1-24(2)9-10-25(21-23-16-8-7-13(22)11-17(16)30-21)18(27)12-26-19(28)14-5-3-4-6-15(14)20(26)29;/h3-8,11H,9-10,12H2,1-2H3;1H. The Kier molecular flexibility index (Phi) is 7.10. The largest absolute Gasteiger partial charge is 0.308 e. The van der Waals surface area contributed by atoms with E-state index < -0.39 is 11.8 Å². The molecule has 1 aromatic heterocycles. The van der Waals surface area contributed by atoms with E-state index in [-0.39, 0.29) is 24.9 Å². The SMILES string of the molecule is CN(C)CCN(C(=O)CN1C(=O)c2ccccc2C1=O)c1nc2ccc(Br)cc2s1.Cl. The lowest BCUT2D eigenvalue weighted by Gasteiger charge is -2.24. The van der Waals surface area contributed by atoms with Crippen molar-refractivity contribution in [3.8, 4) is 0 Å². The van der Waals surface area contributed by atoms with Crippen LogP contribution in [-0.2, 0) is 4.79 Å². The quantitative estimate of drug-likeness (QED) is 0.461. The van der Waals surface area contributed by atoms with Crippen molar-refractivity contribution in [1.82, 2.24) is 14.8 Å². The summed E-state index contributed by atoms with van der Waals surface area (Å²) in [7, 11) is 3.84. The van der Waals surface area contributed by atoms with Gasteiger partial charge in [0.15, 0.2) is 5.13 Å². The fraction of sp³-hybridized carbons (Fsp3) is 0.238. The van der Waals surface area contributed by atoms with Gasteiger partial charge in [-0.1, -0.05) is 39.4 Å². The lowest BCUT2D eigenvalue weighted by Crippen LogP contribution is -2.45. The van der Waals surface area contributed by atoms with E-state index in [1.54, 1.807) is 29.2 Å². The second kappa shape index (κ2) is 9.44. The molecule has 2 aromatic carbocycles. The summed E-state index contributed by atoms with van der Waals surface area (Å²) >= 11 is 4.86. The first kappa shape index (κ1) is 23.3. The maximum Gasteiger partial charge on any atom is 0.262 e. The van der Waals surface area contributed by atoms with Gasteiger partial charge in [0.05, 0.1) is 21.3 Å². The first-order valence-electron chi connectivity index (χ1n) is 9.31. The zero-order chi connectivity index (χ0) is 21.4. The van der Waals surface area contributed by atoms with Crippen molar-refractivity contribution in [3.63, 3.8) is 0 Å². The van der Waals surface area contributed by atoms with Gasteiger partial charge in [0.2, 0.25) is 5.91 Å². The zero-order valence-corrected chi connectivity index (χ0v) is 20.1. The van der Waals surface area contributed by atoms with Crippen molar-refractivity contribution in [2.75, 3.05) is 38.6 Å². The number of halogens is 2. The number of rotatable bonds is 6. The van der Waals surface area contributed by atoms with Gasteiger partial charge < -0.3 is 4.90 Å². The molecule has 0 saturated carbocycles. The molecule has 0 atom stereocenters. The Hall–Kier alpha value is -2.33. The van der Waals surface area contributed by atoms with Crippen LogP contribution in [-0.4, -0.2) is 66.2 Å². The fourth-order valence-corrected chi connectivity index (χ4v) is 4.79. The first-order valence-corrected chi connectivity index (χ1v) is 10.9. The van der Waals surface area contributed by atoms with Gasteiger partial charge in [0.1, 0.15) is 6.54 Å². The number of anilines is 1. The second-order valence-corrected chi connectivity index (χ2v) is 9.12. The van der Waals surface area contributed by atoms with E-state index in [1.807, 2.05) is 37.2 Å². The zero-order valence-electron chi connectivity index (χ0n) is 16.9. The number of amides is 3. The number of thiazole rings is 1. The molecule has 7 nitrogen and oxygen atoms in total. The van der Waals surface area contributed by atoms with E-state index in [9.17, 15) is 14.4 Å². The Morgan fingerprint density at radius 3 is 2.32 bits per heavy atom. The highest BCUT2D eigenvalue weighted by Gasteiger charge is 2.37. The summed E-state index contributed by atoms with van der Waals surface area (Å²) in [5.41, 5.74) is 1.46. The van der Waals surface area contributed by atoms with Crippen LogP contribution in [0.25, 0.3) is 10.2 Å². The normalized spacial score (nSPS) is 13.0. The third-order valence-electron chi connectivity index (χ3n) is 4.81. The van der Waals surface area contributed by atoms with Gasteiger partial charge in [-0.25, -0.2) is 4.98 Å². The van der Waals surface area contributed by atoms with Gasteiger partial charge in [-0.2, -0.15) is 0 Å². The van der Waals surface area contributed by atoms with E-state index in [4.69, 9.17) is 0 Å². The molecule has 0 radical (unpaired) electrons. The van der Waals surface area contributed by atoms with Crippen LogP contribution < -0.4 is 4.90 Å². The van der Waals surface area contributed by atoms with Crippen molar-refractivity contribution in [2.24, 2.45) is 0 Å². The molecule has 1 aliphatic heterocycles. The lowest BCUT2D eigenvalue weighted by atomic mass is 10.1. The minimum Gasteiger partial charge on any atom is -0.308 e. The van der Waals surface area contributed by atoms with Crippen LogP contribution in [0.4, 0.5) is 5.13 Å². The number of benzene rings is 2. The van der Waals surface area contributed by atoms with Crippen LogP contribution in [0.3, 0.4) is 0 Å². The molecule has 0 bridgehead atoms. The molecule has 31 heavy (non-hydrogen) atoms. The van der Waals surface area contributed by atoms with Crippen LogP contribution in [0.15, 0.2) is 46.9 Å². The fourth-order valence-electron chi connectivity index (χ4n) is 3.23. The Morgan fingerprint density at radius 1 is 1.06 bits per heavy atom. The highest BCUT2D eigenvalue weighted by Crippen LogP contribution is 2.31. The number of likely N-dealkylation sites (N-methyl/N-ethyl adjacent to an activating group) is 1. The van der Waals surface area contributed by atoms with Crippen LogP contribution in [0.5, 0.6) is 0 Å². The molecule has 1 aliphatic rings. The van der Waals surface area contributed by atoms with Crippen molar-refractivity contribution in [3.05, 3.63) is 58.1 Å². The van der Waals surface area contributed by atoms with Crippen molar-refractivity contribution in [1.29, 1.82) is 0 Å². The van der Waals surface area contributed by atoms with Gasteiger partial charge in [0, 0.05) is 17.6 Å². The molecule has 3 aromatic rings. The smallest absolute Gasteiger partial charge is 0.262 e. The number of fused-ring (bicyclic) bond motifs is 2. The molecule has 0 spiro atoms. The molecule has 0 N–H and O–H groups in total. The monoisotopic (exact) mass is 522 g/mol. The summed E-state index contributed by atoms with van der Waals surface area (Å²) in [4.78, 5) is 47.7. The molecule has 10 heteroatoms. The minimum atomic E-state index is -0.440. The molecule has 0 saturated heterocycles. The van der Waals surface area contributed by atoms with Gasteiger partial charge >= 0.3 is 0 Å². The summed E-state index contributed by atoms with van der Waals surface area (Å²) < 4.78 is 1.88. The van der Waals surface area contributed by atoms with E-state index >= 15 is 0 Å². The van der Waals surface area contributed by atoms with Crippen LogP contribution in [0.1, 0.15) is 20.7 Å². The summed E-state index contributed by atoms with van der Waals surface area (Å²) in [5.74, 6) is -1.22. The van der Waals surface area contributed by atoms with Gasteiger partial charge in [-0.15, -0.1) is 12.4 Å². The Bertz CT molecular complexity index is 1130. The number of carbonyl (C=O) groups is 3. The Labute approximate surface area is 198 Å². The van der Waals surface area contributed by atoms with E-state index in [2.05, 4.69) is 20.9 Å². The van der Waals surface area contributed by atoms with E-state index in [1.165, 1.54) is 11.3 Å². The highest BCUT2D eigenvalue weighted by molar-refractivity contribution is 9.10. The van der Waals surface area contributed by atoms with Crippen LogP contribution in [0.2, 0.25) is 0 Å². The molecule has 2 heterocycles. The van der Waals surface area contributed by atoms with E-state index in [0.29, 0.717) is 29.3 Å². The molecular weight excluding hydrogens is 504 g/mol. The third kappa shape index (κ3) is 4.64. The Morgan fingerprint density at radius 2 is 1.71 bits per heavy atom. The molecule has 4 rings (SSSR count). The number of hydrogen-bond donors (Lipinski definition) is 0. The average Bonchev–Trinajstić information content (AvgIpc) is 3.22. The summed E-state index contributed by atoms with van der Waals surface area (Å²) in [6, 6.07) is 12.4. The maximum atomic E-state index is 13.2. The van der Waals surface area contributed by atoms with Gasteiger partial charge in [-0.3, -0.25) is 24.2 Å². The molecule has 0 fully saturated rings.